The van der Waals surface area contributed by atoms with Crippen LogP contribution in [-0.4, -0.2) is 33.7 Å². The van der Waals surface area contributed by atoms with E-state index in [9.17, 15) is 4.79 Å². The molecule has 1 aromatic heterocycles. The topological polar surface area (TPSA) is 98.3 Å². The fourth-order valence-electron chi connectivity index (χ4n) is 0.737. The maximum atomic E-state index is 10.5. The summed E-state index contributed by atoms with van der Waals surface area (Å²) in [5.41, 5.74) is 5.30. The molecule has 84 valence electrons. The Morgan fingerprint density at radius 2 is 2.33 bits per heavy atom. The molecule has 0 amide bonds. The number of carbonyl (C=O) groups is 1. The molecule has 1 heterocycles. The van der Waals surface area contributed by atoms with Gasteiger partial charge in [0.25, 0.3) is 0 Å². The molecular formula is C8H12ClN3O3. The number of hydrogen-bond acceptors (Lipinski definition) is 5. The molecule has 1 aromatic rings. The Morgan fingerprint density at radius 1 is 1.67 bits per heavy atom. The average molecular weight is 234 g/mol. The molecule has 0 fully saturated rings. The van der Waals surface area contributed by atoms with Crippen LogP contribution in [-0.2, 0) is 0 Å². The first kappa shape index (κ1) is 13.6. The number of carboxylic acid groups (broad SMARTS) is 1. The molecular weight excluding hydrogens is 222 g/mol. The number of aromatic carboxylic acids is 1. The quantitative estimate of drug-likeness (QED) is 0.777. The van der Waals surface area contributed by atoms with Gasteiger partial charge in [-0.15, -0.1) is 12.4 Å². The zero-order valence-corrected chi connectivity index (χ0v) is 8.90. The molecule has 3 N–H and O–H groups in total. The highest BCUT2D eigenvalue weighted by molar-refractivity contribution is 5.85. The molecule has 15 heavy (non-hydrogen) atoms. The van der Waals surface area contributed by atoms with Crippen LogP contribution in [0.2, 0.25) is 0 Å². The van der Waals surface area contributed by atoms with Crippen LogP contribution in [0.5, 0.6) is 5.88 Å². The Hall–Kier alpha value is -1.40. The van der Waals surface area contributed by atoms with Crippen LogP contribution < -0.4 is 10.5 Å². The van der Waals surface area contributed by atoms with E-state index in [-0.39, 0.29) is 36.6 Å². The molecule has 0 bridgehead atoms. The lowest BCUT2D eigenvalue weighted by atomic mass is 10.4. The first-order valence-electron chi connectivity index (χ1n) is 4.03. The predicted octanol–water partition coefficient (Wildman–Crippen LogP) is 0.323. The molecule has 6 nitrogen and oxygen atoms in total. The number of halogens is 1. The Balaban J connectivity index is 0.00000196. The molecule has 0 saturated heterocycles. The molecule has 0 aromatic carbocycles. The lowest BCUT2D eigenvalue weighted by Gasteiger charge is -2.07. The summed E-state index contributed by atoms with van der Waals surface area (Å²) in [6, 6.07) is -0.134. The van der Waals surface area contributed by atoms with Crippen molar-refractivity contribution in [2.24, 2.45) is 5.73 Å². The predicted molar refractivity (Wildman–Crippen MR) is 55.4 cm³/mol. The molecule has 0 aliphatic carbocycles. The minimum absolute atomic E-state index is 0. The maximum absolute atomic E-state index is 10.5. The minimum Gasteiger partial charge on any atom is -0.476 e. The van der Waals surface area contributed by atoms with Crippen LogP contribution in [0.3, 0.4) is 0 Å². The van der Waals surface area contributed by atoms with E-state index in [0.717, 1.165) is 6.20 Å². The van der Waals surface area contributed by atoms with Gasteiger partial charge in [0.1, 0.15) is 6.61 Å². The van der Waals surface area contributed by atoms with Crippen molar-refractivity contribution in [3.05, 3.63) is 18.1 Å². The van der Waals surface area contributed by atoms with Gasteiger partial charge in [-0.1, -0.05) is 0 Å². The van der Waals surface area contributed by atoms with Gasteiger partial charge in [0, 0.05) is 6.04 Å². The fourth-order valence-corrected chi connectivity index (χ4v) is 0.737. The van der Waals surface area contributed by atoms with E-state index < -0.39 is 5.97 Å². The Bertz CT molecular complexity index is 333. The lowest BCUT2D eigenvalue weighted by molar-refractivity contribution is 0.0688. The summed E-state index contributed by atoms with van der Waals surface area (Å²) in [7, 11) is 0. The third kappa shape index (κ3) is 4.57. The van der Waals surface area contributed by atoms with Crippen LogP contribution in [0.15, 0.2) is 12.4 Å². The molecule has 1 rings (SSSR count). The molecule has 0 spiro atoms. The zero-order chi connectivity index (χ0) is 10.6. The van der Waals surface area contributed by atoms with Crippen molar-refractivity contribution in [1.29, 1.82) is 0 Å². The number of rotatable bonds is 4. The first-order chi connectivity index (χ1) is 6.59. The van der Waals surface area contributed by atoms with E-state index in [0.29, 0.717) is 0 Å². The zero-order valence-electron chi connectivity index (χ0n) is 8.08. The normalized spacial score (nSPS) is 11.3. The SMILES string of the molecule is CC(N)COc1cncc(C(=O)O)n1.Cl. The van der Waals surface area contributed by atoms with Crippen LogP contribution in [0.1, 0.15) is 17.4 Å². The molecule has 7 heteroatoms. The highest BCUT2D eigenvalue weighted by Gasteiger charge is 2.06. The number of carboxylic acids is 1. The second-order valence-electron chi connectivity index (χ2n) is 2.84. The average Bonchev–Trinajstić information content (AvgIpc) is 2.15. The third-order valence-electron chi connectivity index (χ3n) is 1.33. The Labute approximate surface area is 92.9 Å². The van der Waals surface area contributed by atoms with Gasteiger partial charge in [0.15, 0.2) is 5.69 Å². The number of nitrogens with two attached hydrogens (primary N) is 1. The van der Waals surface area contributed by atoms with Gasteiger partial charge < -0.3 is 15.6 Å². The van der Waals surface area contributed by atoms with Crippen molar-refractivity contribution in [1.82, 2.24) is 9.97 Å². The highest BCUT2D eigenvalue weighted by atomic mass is 35.5. The summed E-state index contributed by atoms with van der Waals surface area (Å²) in [6.45, 7) is 2.05. The van der Waals surface area contributed by atoms with Crippen LogP contribution in [0, 0.1) is 0 Å². The van der Waals surface area contributed by atoms with E-state index in [4.69, 9.17) is 15.6 Å². The van der Waals surface area contributed by atoms with E-state index in [1.54, 1.807) is 6.92 Å². The van der Waals surface area contributed by atoms with Crippen LogP contribution >= 0.6 is 12.4 Å². The molecule has 1 atom stereocenters. The van der Waals surface area contributed by atoms with Crippen LogP contribution in [0.25, 0.3) is 0 Å². The first-order valence-corrected chi connectivity index (χ1v) is 4.03. The van der Waals surface area contributed by atoms with Crippen molar-refractivity contribution >= 4 is 18.4 Å². The van der Waals surface area contributed by atoms with Gasteiger partial charge in [-0.3, -0.25) is 4.98 Å². The van der Waals surface area contributed by atoms with Crippen LogP contribution in [0.4, 0.5) is 0 Å². The van der Waals surface area contributed by atoms with Gasteiger partial charge in [0.05, 0.1) is 12.4 Å². The molecule has 0 aliphatic rings. The van der Waals surface area contributed by atoms with Crippen molar-refractivity contribution in [3.63, 3.8) is 0 Å². The van der Waals surface area contributed by atoms with Gasteiger partial charge in [-0.05, 0) is 6.92 Å². The number of hydrogen-bond donors (Lipinski definition) is 2. The maximum Gasteiger partial charge on any atom is 0.356 e. The van der Waals surface area contributed by atoms with Gasteiger partial charge in [0.2, 0.25) is 5.88 Å². The minimum atomic E-state index is -1.14. The Kier molecular flexibility index (Phi) is 5.58. The molecule has 1 unspecified atom stereocenters. The Morgan fingerprint density at radius 3 is 2.87 bits per heavy atom. The van der Waals surface area contributed by atoms with E-state index >= 15 is 0 Å². The summed E-state index contributed by atoms with van der Waals surface area (Å²) in [6.07, 6.45) is 2.50. The second kappa shape index (κ2) is 6.15. The third-order valence-corrected chi connectivity index (χ3v) is 1.33. The summed E-state index contributed by atoms with van der Waals surface area (Å²) >= 11 is 0. The van der Waals surface area contributed by atoms with E-state index in [2.05, 4.69) is 9.97 Å². The van der Waals surface area contributed by atoms with Gasteiger partial charge in [-0.25, -0.2) is 9.78 Å². The molecule has 0 radical (unpaired) electrons. The van der Waals surface area contributed by atoms with E-state index in [1.807, 2.05) is 0 Å². The largest absolute Gasteiger partial charge is 0.476 e. The second-order valence-corrected chi connectivity index (χ2v) is 2.84. The summed E-state index contributed by atoms with van der Waals surface area (Å²) in [5, 5.41) is 8.60. The summed E-state index contributed by atoms with van der Waals surface area (Å²) < 4.78 is 5.10. The van der Waals surface area contributed by atoms with Gasteiger partial charge in [-0.2, -0.15) is 0 Å². The van der Waals surface area contributed by atoms with E-state index in [1.165, 1.54) is 6.20 Å². The molecule has 0 aliphatic heterocycles. The molecule has 0 saturated carbocycles. The highest BCUT2D eigenvalue weighted by Crippen LogP contribution is 2.04. The number of nitrogens with zero attached hydrogens (tertiary/aromatic N) is 2. The lowest BCUT2D eigenvalue weighted by Crippen LogP contribution is -2.24. The fraction of sp³-hybridized carbons (Fsp3) is 0.375. The van der Waals surface area contributed by atoms with Crippen molar-refractivity contribution in [2.45, 2.75) is 13.0 Å². The standard InChI is InChI=1S/C8H11N3O3.ClH/c1-5(9)4-14-7-3-10-2-6(11-7)8(12)13;/h2-3,5H,4,9H2,1H3,(H,12,13);1H. The van der Waals surface area contributed by atoms with Crippen molar-refractivity contribution < 1.29 is 14.6 Å². The number of aromatic nitrogens is 2. The van der Waals surface area contributed by atoms with Crippen molar-refractivity contribution in [2.75, 3.05) is 6.61 Å². The summed E-state index contributed by atoms with van der Waals surface area (Å²) in [5.74, 6) is -0.967. The number of ether oxygens (including phenoxy) is 1. The van der Waals surface area contributed by atoms with Gasteiger partial charge >= 0.3 is 5.97 Å². The smallest absolute Gasteiger partial charge is 0.356 e. The summed E-state index contributed by atoms with van der Waals surface area (Å²) in [4.78, 5) is 17.9. The monoisotopic (exact) mass is 233 g/mol. The van der Waals surface area contributed by atoms with Crippen molar-refractivity contribution in [3.8, 4) is 5.88 Å².